The van der Waals surface area contributed by atoms with Gasteiger partial charge in [-0.05, 0) is 42.8 Å². The molecule has 2 aromatic carbocycles. The van der Waals surface area contributed by atoms with E-state index in [2.05, 4.69) is 10.0 Å². The van der Waals surface area contributed by atoms with Gasteiger partial charge in [-0.2, -0.15) is 9.03 Å². The van der Waals surface area contributed by atoms with Gasteiger partial charge in [0.15, 0.2) is 0 Å². The molecular weight excluding hydrogens is 506 g/mol. The minimum atomic E-state index is -4.00. The van der Waals surface area contributed by atoms with Crippen LogP contribution in [0, 0.1) is 0 Å². The maximum absolute atomic E-state index is 12.7. The Kier molecular flexibility index (Phi) is 8.55. The maximum Gasteiger partial charge on any atom is 0.243 e. The zero-order valence-electron chi connectivity index (χ0n) is 18.7. The molecule has 0 radical (unpaired) electrons. The van der Waals surface area contributed by atoms with Crippen LogP contribution in [0.4, 0.5) is 0 Å². The first-order chi connectivity index (χ1) is 16.0. The molecule has 0 unspecified atom stereocenters. The van der Waals surface area contributed by atoms with E-state index in [1.54, 1.807) is 12.1 Å². The molecule has 0 bridgehead atoms. The fraction of sp³-hybridized carbons (Fsp3) is 0.381. The molecule has 1 saturated heterocycles. The van der Waals surface area contributed by atoms with Crippen LogP contribution >= 0.6 is 11.6 Å². The number of carbonyl (C=O) groups is 1. The zero-order chi connectivity index (χ0) is 24.9. The van der Waals surface area contributed by atoms with Crippen molar-refractivity contribution in [3.8, 4) is 5.75 Å². The number of rotatable bonds is 9. The van der Waals surface area contributed by atoms with Crippen LogP contribution in [0.2, 0.25) is 5.02 Å². The third kappa shape index (κ3) is 6.26. The number of hydrogen-bond acceptors (Lipinski definition) is 7. The Morgan fingerprint density at radius 3 is 2.29 bits per heavy atom. The van der Waals surface area contributed by atoms with E-state index >= 15 is 0 Å². The molecule has 0 aliphatic carbocycles. The lowest BCUT2D eigenvalue weighted by Crippen LogP contribution is -2.44. The van der Waals surface area contributed by atoms with Crippen molar-refractivity contribution in [3.63, 3.8) is 0 Å². The average Bonchev–Trinajstić information content (AvgIpc) is 2.83. The predicted molar refractivity (Wildman–Crippen MR) is 126 cm³/mol. The summed E-state index contributed by atoms with van der Waals surface area (Å²) in [6.45, 7) is 2.83. The molecule has 0 spiro atoms. The number of hydrogen-bond donors (Lipinski definition) is 2. The van der Waals surface area contributed by atoms with Crippen LogP contribution in [-0.2, 0) is 36.1 Å². The Labute approximate surface area is 204 Å². The Balaban J connectivity index is 1.58. The second kappa shape index (κ2) is 11.0. The minimum Gasteiger partial charge on any atom is -0.495 e. The molecule has 0 saturated carbocycles. The molecule has 10 nitrogen and oxygen atoms in total. The quantitative estimate of drug-likeness (QED) is 0.499. The van der Waals surface area contributed by atoms with Crippen molar-refractivity contribution in [1.82, 2.24) is 14.3 Å². The number of carbonyl (C=O) groups excluding carboxylic acids is 1. The standard InChI is InChI=1S/C21H26ClN3O7S2/c1-15(24-33(27,28)18-7-8-20(31-2)19(22)13-18)21(26)23-14-16-3-5-17(6-4-16)34(29,30)25-9-11-32-12-10-25/h3-8,13,15,24H,9-12,14H2,1-2H3,(H,23,26)/t15-/m0/s1. The van der Waals surface area contributed by atoms with E-state index in [1.165, 1.54) is 48.7 Å². The Bertz CT molecular complexity index is 1230. The summed E-state index contributed by atoms with van der Waals surface area (Å²) in [5.41, 5.74) is 0.659. The second-order valence-corrected chi connectivity index (χ2v) is 11.6. The van der Waals surface area contributed by atoms with Crippen LogP contribution in [0.3, 0.4) is 0 Å². The highest BCUT2D eigenvalue weighted by Gasteiger charge is 2.26. The molecule has 1 atom stereocenters. The number of benzene rings is 2. The van der Waals surface area contributed by atoms with E-state index in [4.69, 9.17) is 21.1 Å². The van der Waals surface area contributed by atoms with E-state index in [-0.39, 0.29) is 21.4 Å². The lowest BCUT2D eigenvalue weighted by Gasteiger charge is -2.26. The van der Waals surface area contributed by atoms with E-state index in [9.17, 15) is 21.6 Å². The van der Waals surface area contributed by atoms with Crippen molar-refractivity contribution in [3.05, 3.63) is 53.1 Å². The zero-order valence-corrected chi connectivity index (χ0v) is 21.0. The Morgan fingerprint density at radius 2 is 1.71 bits per heavy atom. The molecule has 2 N–H and O–H groups in total. The highest BCUT2D eigenvalue weighted by atomic mass is 35.5. The summed E-state index contributed by atoms with van der Waals surface area (Å²) in [6, 6.07) is 9.07. The van der Waals surface area contributed by atoms with E-state index < -0.39 is 32.0 Å². The molecule has 2 aromatic rings. The second-order valence-electron chi connectivity index (χ2n) is 7.52. The van der Waals surface area contributed by atoms with Gasteiger partial charge in [-0.1, -0.05) is 23.7 Å². The van der Waals surface area contributed by atoms with Crippen LogP contribution < -0.4 is 14.8 Å². The van der Waals surface area contributed by atoms with Crippen LogP contribution in [0.25, 0.3) is 0 Å². The van der Waals surface area contributed by atoms with Gasteiger partial charge in [0, 0.05) is 19.6 Å². The number of ether oxygens (including phenoxy) is 2. The molecule has 186 valence electrons. The molecular formula is C21H26ClN3O7S2. The van der Waals surface area contributed by atoms with E-state index in [0.717, 1.165) is 0 Å². The monoisotopic (exact) mass is 531 g/mol. The highest BCUT2D eigenvalue weighted by molar-refractivity contribution is 7.89. The van der Waals surface area contributed by atoms with Crippen LogP contribution in [0.5, 0.6) is 5.75 Å². The number of nitrogens with zero attached hydrogens (tertiary/aromatic N) is 1. The van der Waals surface area contributed by atoms with Crippen LogP contribution in [0.1, 0.15) is 12.5 Å². The molecule has 3 rings (SSSR count). The lowest BCUT2D eigenvalue weighted by molar-refractivity contribution is -0.122. The third-order valence-electron chi connectivity index (χ3n) is 5.16. The van der Waals surface area contributed by atoms with Crippen molar-refractivity contribution in [2.24, 2.45) is 0 Å². The summed E-state index contributed by atoms with van der Waals surface area (Å²) >= 11 is 5.99. The molecule has 1 amide bonds. The first-order valence-corrected chi connectivity index (χ1v) is 13.6. The molecule has 0 aromatic heterocycles. The van der Waals surface area contributed by atoms with Crippen LogP contribution in [0.15, 0.2) is 52.3 Å². The SMILES string of the molecule is COc1ccc(S(=O)(=O)N[C@@H](C)C(=O)NCc2ccc(S(=O)(=O)N3CCOCC3)cc2)cc1Cl. The smallest absolute Gasteiger partial charge is 0.243 e. The summed E-state index contributed by atoms with van der Waals surface area (Å²) in [5, 5.41) is 2.76. The molecule has 34 heavy (non-hydrogen) atoms. The van der Waals surface area contributed by atoms with Gasteiger partial charge in [0.1, 0.15) is 5.75 Å². The number of halogens is 1. The molecule has 1 aliphatic heterocycles. The van der Waals surface area contributed by atoms with E-state index in [1.807, 2.05) is 0 Å². The summed E-state index contributed by atoms with van der Waals surface area (Å²) in [6.07, 6.45) is 0. The number of sulfonamides is 2. The summed E-state index contributed by atoms with van der Waals surface area (Å²) in [7, 11) is -6.19. The fourth-order valence-electron chi connectivity index (χ4n) is 3.23. The van der Waals surface area contributed by atoms with Gasteiger partial charge < -0.3 is 14.8 Å². The van der Waals surface area contributed by atoms with Gasteiger partial charge in [0.05, 0.1) is 41.2 Å². The number of methoxy groups -OCH3 is 1. The summed E-state index contributed by atoms with van der Waals surface area (Å²) in [5.74, 6) is -0.219. The van der Waals surface area contributed by atoms with Gasteiger partial charge >= 0.3 is 0 Å². The number of morpholine rings is 1. The number of nitrogens with one attached hydrogen (secondary N) is 2. The topological polar surface area (TPSA) is 131 Å². The Hall–Kier alpha value is -2.22. The van der Waals surface area contributed by atoms with E-state index in [0.29, 0.717) is 37.6 Å². The average molecular weight is 532 g/mol. The lowest BCUT2D eigenvalue weighted by atomic mass is 10.2. The Morgan fingerprint density at radius 1 is 1.09 bits per heavy atom. The van der Waals surface area contributed by atoms with Crippen molar-refractivity contribution < 1.29 is 31.1 Å². The fourth-order valence-corrected chi connectivity index (χ4v) is 6.19. The maximum atomic E-state index is 12.7. The van der Waals surface area contributed by atoms with Gasteiger partial charge in [-0.25, -0.2) is 16.8 Å². The largest absolute Gasteiger partial charge is 0.495 e. The molecule has 1 aliphatic rings. The normalized spacial score (nSPS) is 16.1. The molecule has 1 fully saturated rings. The van der Waals surface area contributed by atoms with Crippen molar-refractivity contribution in [1.29, 1.82) is 0 Å². The first kappa shape index (κ1) is 26.4. The summed E-state index contributed by atoms with van der Waals surface area (Å²) < 4.78 is 64.4. The number of amides is 1. The van der Waals surface area contributed by atoms with Gasteiger partial charge in [-0.3, -0.25) is 4.79 Å². The predicted octanol–water partition coefficient (Wildman–Crippen LogP) is 1.35. The minimum absolute atomic E-state index is 0.0944. The molecule has 1 heterocycles. The summed E-state index contributed by atoms with van der Waals surface area (Å²) in [4.78, 5) is 12.5. The van der Waals surface area contributed by atoms with Gasteiger partial charge in [-0.15, -0.1) is 0 Å². The third-order valence-corrected chi connectivity index (χ3v) is 8.90. The van der Waals surface area contributed by atoms with Crippen molar-refractivity contribution in [2.75, 3.05) is 33.4 Å². The van der Waals surface area contributed by atoms with Gasteiger partial charge in [0.25, 0.3) is 0 Å². The molecule has 13 heteroatoms. The van der Waals surface area contributed by atoms with Crippen molar-refractivity contribution >= 4 is 37.6 Å². The first-order valence-electron chi connectivity index (χ1n) is 10.3. The van der Waals surface area contributed by atoms with Crippen molar-refractivity contribution in [2.45, 2.75) is 29.3 Å². The van der Waals surface area contributed by atoms with Crippen LogP contribution in [-0.4, -0.2) is 66.5 Å². The highest BCUT2D eigenvalue weighted by Crippen LogP contribution is 2.27. The van der Waals surface area contributed by atoms with Gasteiger partial charge in [0.2, 0.25) is 26.0 Å².